The molecule has 0 atom stereocenters. The van der Waals surface area contributed by atoms with Crippen molar-refractivity contribution in [2.75, 3.05) is 4.72 Å². The van der Waals surface area contributed by atoms with Crippen molar-refractivity contribution in [3.8, 4) is 11.4 Å². The molecule has 0 unspecified atom stereocenters. The molecule has 1 N–H and O–H groups in total. The molecule has 5 rings (SSSR count). The first-order valence-corrected chi connectivity index (χ1v) is 13.3. The third kappa shape index (κ3) is 5.36. The molecule has 1 heterocycles. The molecule has 37 heavy (non-hydrogen) atoms. The summed E-state index contributed by atoms with van der Waals surface area (Å²) in [5, 5.41) is 11.1. The number of imidazole rings is 1. The Morgan fingerprint density at radius 1 is 0.865 bits per heavy atom. The largest absolute Gasteiger partial charge is 0.324 e. The number of sulfonamides is 1. The van der Waals surface area contributed by atoms with Crippen LogP contribution in [0.1, 0.15) is 12.0 Å². The van der Waals surface area contributed by atoms with Crippen LogP contribution in [0.3, 0.4) is 0 Å². The van der Waals surface area contributed by atoms with E-state index in [4.69, 9.17) is 4.98 Å². The number of hydrogen-bond acceptors (Lipinski definition) is 5. The van der Waals surface area contributed by atoms with Gasteiger partial charge in [0.2, 0.25) is 0 Å². The number of hydrogen-bond donors (Lipinski definition) is 1. The number of non-ortho nitro benzene ring substituents is 1. The van der Waals surface area contributed by atoms with E-state index < -0.39 is 14.9 Å². The Bertz CT molecular complexity index is 1670. The van der Waals surface area contributed by atoms with Gasteiger partial charge in [-0.1, -0.05) is 66.7 Å². The Kier molecular flexibility index (Phi) is 6.70. The van der Waals surface area contributed by atoms with Crippen molar-refractivity contribution in [2.24, 2.45) is 0 Å². The summed E-state index contributed by atoms with van der Waals surface area (Å²) in [6.07, 6.45) is 1.84. The highest BCUT2D eigenvalue weighted by Gasteiger charge is 2.19. The molecule has 8 nitrogen and oxygen atoms in total. The molecule has 1 aromatic heterocycles. The molecule has 0 spiro atoms. The summed E-state index contributed by atoms with van der Waals surface area (Å²) >= 11 is 0. The summed E-state index contributed by atoms with van der Waals surface area (Å²) in [6.45, 7) is 0.744. The van der Waals surface area contributed by atoms with Crippen LogP contribution in [0.15, 0.2) is 108 Å². The number of nitro benzene ring substituents is 1. The van der Waals surface area contributed by atoms with Crippen LogP contribution in [0.25, 0.3) is 22.4 Å². The average Bonchev–Trinajstić information content (AvgIpc) is 3.27. The number of nitro groups is 1. The third-order valence-corrected chi connectivity index (χ3v) is 7.44. The monoisotopic (exact) mass is 512 g/mol. The summed E-state index contributed by atoms with van der Waals surface area (Å²) in [6, 6.07) is 30.4. The van der Waals surface area contributed by atoms with Crippen LogP contribution in [-0.4, -0.2) is 22.9 Å². The fourth-order valence-electron chi connectivity index (χ4n) is 4.29. The first kappa shape index (κ1) is 24.2. The standard InChI is InChI=1S/C28H24N4O4S/c33-32(34)24-14-7-15-25(20-24)37(35,36)30-23-16-17-27-26(19-23)29-28(22-12-5-2-6-13-22)31(27)18-8-11-21-9-3-1-4-10-21/h1-7,9-10,12-17,19-20,30H,8,11,18H2. The predicted octanol–water partition coefficient (Wildman–Crippen LogP) is 6.05. The maximum absolute atomic E-state index is 12.9. The number of anilines is 1. The Morgan fingerprint density at radius 2 is 1.59 bits per heavy atom. The predicted molar refractivity (Wildman–Crippen MR) is 144 cm³/mol. The molecule has 0 radical (unpaired) electrons. The van der Waals surface area contributed by atoms with Gasteiger partial charge in [0.25, 0.3) is 15.7 Å². The Labute approximate surface area is 214 Å². The normalized spacial score (nSPS) is 11.5. The molecular weight excluding hydrogens is 488 g/mol. The van der Waals surface area contributed by atoms with Crippen LogP contribution in [-0.2, 0) is 23.0 Å². The van der Waals surface area contributed by atoms with Crippen molar-refractivity contribution < 1.29 is 13.3 Å². The van der Waals surface area contributed by atoms with Gasteiger partial charge in [-0.05, 0) is 42.7 Å². The maximum atomic E-state index is 12.9. The highest BCUT2D eigenvalue weighted by Crippen LogP contribution is 2.29. The van der Waals surface area contributed by atoms with E-state index in [1.54, 1.807) is 12.1 Å². The van der Waals surface area contributed by atoms with Crippen LogP contribution in [0.2, 0.25) is 0 Å². The number of nitrogens with zero attached hydrogens (tertiary/aromatic N) is 3. The zero-order valence-electron chi connectivity index (χ0n) is 19.8. The number of aromatic nitrogens is 2. The van der Waals surface area contributed by atoms with Gasteiger partial charge in [-0.15, -0.1) is 0 Å². The molecule has 0 bridgehead atoms. The van der Waals surface area contributed by atoms with E-state index in [0.717, 1.165) is 42.4 Å². The van der Waals surface area contributed by atoms with Gasteiger partial charge in [0.15, 0.2) is 0 Å². The van der Waals surface area contributed by atoms with E-state index in [2.05, 4.69) is 21.4 Å². The fourth-order valence-corrected chi connectivity index (χ4v) is 5.38. The number of benzene rings is 4. The minimum atomic E-state index is -4.03. The van der Waals surface area contributed by atoms with Crippen molar-refractivity contribution in [2.45, 2.75) is 24.3 Å². The lowest BCUT2D eigenvalue weighted by Gasteiger charge is -2.11. The molecule has 0 amide bonds. The van der Waals surface area contributed by atoms with Gasteiger partial charge in [0.1, 0.15) is 5.82 Å². The van der Waals surface area contributed by atoms with Gasteiger partial charge >= 0.3 is 0 Å². The molecule has 0 aliphatic heterocycles. The average molecular weight is 513 g/mol. The third-order valence-electron chi connectivity index (χ3n) is 6.06. The number of fused-ring (bicyclic) bond motifs is 1. The topological polar surface area (TPSA) is 107 Å². The zero-order valence-corrected chi connectivity index (χ0v) is 20.6. The molecule has 0 aliphatic rings. The van der Waals surface area contributed by atoms with Crippen LogP contribution in [0.5, 0.6) is 0 Å². The van der Waals surface area contributed by atoms with E-state index >= 15 is 0 Å². The minimum Gasteiger partial charge on any atom is -0.324 e. The molecule has 186 valence electrons. The lowest BCUT2D eigenvalue weighted by Crippen LogP contribution is -2.13. The van der Waals surface area contributed by atoms with Crippen LogP contribution in [0.4, 0.5) is 11.4 Å². The summed E-state index contributed by atoms with van der Waals surface area (Å²) in [5.74, 6) is 0.808. The summed E-state index contributed by atoms with van der Waals surface area (Å²) < 4.78 is 30.5. The second kappa shape index (κ2) is 10.2. The number of rotatable bonds is 9. The van der Waals surface area contributed by atoms with Crippen LogP contribution in [0, 0.1) is 10.1 Å². The van der Waals surface area contributed by atoms with Gasteiger partial charge in [-0.25, -0.2) is 13.4 Å². The highest BCUT2D eigenvalue weighted by atomic mass is 32.2. The Morgan fingerprint density at radius 3 is 2.32 bits per heavy atom. The second-order valence-corrected chi connectivity index (χ2v) is 10.3. The van der Waals surface area contributed by atoms with Gasteiger partial charge in [0.05, 0.1) is 26.5 Å². The lowest BCUT2D eigenvalue weighted by atomic mass is 10.1. The van der Waals surface area contributed by atoms with Gasteiger partial charge in [-0.3, -0.25) is 14.8 Å². The van der Waals surface area contributed by atoms with E-state index in [1.165, 1.54) is 23.8 Å². The molecule has 5 aromatic rings. The van der Waals surface area contributed by atoms with E-state index in [9.17, 15) is 18.5 Å². The first-order valence-electron chi connectivity index (χ1n) is 11.8. The van der Waals surface area contributed by atoms with Gasteiger partial charge in [-0.2, -0.15) is 0 Å². The number of aryl methyl sites for hydroxylation is 2. The van der Waals surface area contributed by atoms with E-state index in [0.29, 0.717) is 11.2 Å². The van der Waals surface area contributed by atoms with Crippen LogP contribution < -0.4 is 4.72 Å². The molecule has 9 heteroatoms. The molecule has 0 fully saturated rings. The van der Waals surface area contributed by atoms with Crippen molar-refractivity contribution in [1.29, 1.82) is 0 Å². The number of nitrogens with one attached hydrogen (secondary N) is 1. The van der Waals surface area contributed by atoms with Crippen molar-refractivity contribution in [1.82, 2.24) is 9.55 Å². The lowest BCUT2D eigenvalue weighted by molar-refractivity contribution is -0.385. The molecular formula is C28H24N4O4S. The van der Waals surface area contributed by atoms with E-state index in [-0.39, 0.29) is 10.6 Å². The van der Waals surface area contributed by atoms with Gasteiger partial charge in [0, 0.05) is 24.2 Å². The molecule has 4 aromatic carbocycles. The molecule has 0 saturated carbocycles. The molecule has 0 saturated heterocycles. The summed E-state index contributed by atoms with van der Waals surface area (Å²) in [5.41, 5.74) is 3.82. The van der Waals surface area contributed by atoms with Crippen molar-refractivity contribution in [3.05, 3.63) is 119 Å². The SMILES string of the molecule is O=[N+]([O-])c1cccc(S(=O)(=O)Nc2ccc3c(c2)nc(-c2ccccc2)n3CCCc2ccccc2)c1. The maximum Gasteiger partial charge on any atom is 0.270 e. The van der Waals surface area contributed by atoms with Crippen molar-refractivity contribution >= 4 is 32.4 Å². The molecule has 0 aliphatic carbocycles. The second-order valence-electron chi connectivity index (χ2n) is 8.61. The Balaban J connectivity index is 1.46. The van der Waals surface area contributed by atoms with E-state index in [1.807, 2.05) is 54.6 Å². The summed E-state index contributed by atoms with van der Waals surface area (Å²) in [7, 11) is -4.03. The fraction of sp³-hybridized carbons (Fsp3) is 0.107. The smallest absolute Gasteiger partial charge is 0.270 e. The quantitative estimate of drug-likeness (QED) is 0.191. The highest BCUT2D eigenvalue weighted by molar-refractivity contribution is 7.92. The van der Waals surface area contributed by atoms with Gasteiger partial charge < -0.3 is 4.57 Å². The van der Waals surface area contributed by atoms with Crippen molar-refractivity contribution in [3.63, 3.8) is 0 Å². The zero-order chi connectivity index (χ0) is 25.8. The Hall–Kier alpha value is -4.50. The summed E-state index contributed by atoms with van der Waals surface area (Å²) in [4.78, 5) is 15.1. The van der Waals surface area contributed by atoms with Crippen LogP contribution >= 0.6 is 0 Å². The first-order chi connectivity index (χ1) is 17.9. The minimum absolute atomic E-state index is 0.182.